The molecule has 0 saturated heterocycles. The van der Waals surface area contributed by atoms with E-state index in [9.17, 15) is 4.79 Å². The highest BCUT2D eigenvalue weighted by atomic mass is 16.5. The van der Waals surface area contributed by atoms with Gasteiger partial charge in [-0.1, -0.05) is 6.92 Å². The molecule has 0 unspecified atom stereocenters. The van der Waals surface area contributed by atoms with Crippen molar-refractivity contribution in [1.29, 1.82) is 0 Å². The second-order valence-electron chi connectivity index (χ2n) is 4.18. The largest absolute Gasteiger partial charge is 0.497 e. The fourth-order valence-electron chi connectivity index (χ4n) is 1.59. The maximum atomic E-state index is 11.9. The molecule has 0 fully saturated rings. The van der Waals surface area contributed by atoms with Crippen LogP contribution >= 0.6 is 0 Å². The van der Waals surface area contributed by atoms with E-state index in [1.54, 1.807) is 25.3 Å². The molecule has 1 aromatic rings. The normalized spacial score (nSPS) is 10.2. The Bertz CT molecular complexity index is 408. The average Bonchev–Trinajstić information content (AvgIpc) is 2.42. The van der Waals surface area contributed by atoms with Crippen molar-refractivity contribution in [3.8, 4) is 5.75 Å². The molecule has 0 aliphatic carbocycles. The van der Waals surface area contributed by atoms with Crippen LogP contribution in [0.25, 0.3) is 0 Å². The van der Waals surface area contributed by atoms with E-state index in [1.807, 2.05) is 0 Å². The Labute approximate surface area is 114 Å². The molecule has 106 valence electrons. The molecule has 1 amide bonds. The molecule has 3 N–H and O–H groups in total. The SMILES string of the molecule is CCCOCCCNC(=O)c1ccc(OC)cc1N. The zero-order chi connectivity index (χ0) is 14.1. The first-order chi connectivity index (χ1) is 9.19. The van der Waals surface area contributed by atoms with E-state index in [4.69, 9.17) is 15.2 Å². The number of benzene rings is 1. The van der Waals surface area contributed by atoms with Crippen LogP contribution in [0, 0.1) is 0 Å². The molecule has 0 aliphatic rings. The maximum Gasteiger partial charge on any atom is 0.253 e. The molecule has 0 heterocycles. The minimum Gasteiger partial charge on any atom is -0.497 e. The molecular weight excluding hydrogens is 244 g/mol. The molecule has 5 nitrogen and oxygen atoms in total. The number of nitrogens with two attached hydrogens (primary N) is 1. The van der Waals surface area contributed by atoms with Gasteiger partial charge in [0.2, 0.25) is 0 Å². The van der Waals surface area contributed by atoms with Crippen LogP contribution in [0.2, 0.25) is 0 Å². The van der Waals surface area contributed by atoms with E-state index < -0.39 is 0 Å². The standard InChI is InChI=1S/C14H22N2O3/c1-3-8-19-9-4-7-16-14(17)12-6-5-11(18-2)10-13(12)15/h5-6,10H,3-4,7-9,15H2,1-2H3,(H,16,17). The average molecular weight is 266 g/mol. The summed E-state index contributed by atoms with van der Waals surface area (Å²) in [6.07, 6.45) is 1.80. The van der Waals surface area contributed by atoms with Crippen molar-refractivity contribution >= 4 is 11.6 Å². The van der Waals surface area contributed by atoms with Crippen LogP contribution < -0.4 is 15.8 Å². The third kappa shape index (κ3) is 5.18. The van der Waals surface area contributed by atoms with E-state index in [-0.39, 0.29) is 5.91 Å². The van der Waals surface area contributed by atoms with Gasteiger partial charge >= 0.3 is 0 Å². The van der Waals surface area contributed by atoms with Crippen molar-refractivity contribution in [2.24, 2.45) is 0 Å². The molecule has 19 heavy (non-hydrogen) atoms. The Morgan fingerprint density at radius 2 is 2.16 bits per heavy atom. The molecule has 1 rings (SSSR count). The minimum atomic E-state index is -0.171. The predicted octanol–water partition coefficient (Wildman–Crippen LogP) is 1.82. The van der Waals surface area contributed by atoms with E-state index >= 15 is 0 Å². The fourth-order valence-corrected chi connectivity index (χ4v) is 1.59. The summed E-state index contributed by atoms with van der Waals surface area (Å²) in [5.74, 6) is 0.470. The summed E-state index contributed by atoms with van der Waals surface area (Å²) in [4.78, 5) is 11.9. The second kappa shape index (κ2) is 8.37. The first kappa shape index (κ1) is 15.3. The monoisotopic (exact) mass is 266 g/mol. The van der Waals surface area contributed by atoms with Gasteiger partial charge in [0.25, 0.3) is 5.91 Å². The Balaban J connectivity index is 2.37. The van der Waals surface area contributed by atoms with Crippen LogP contribution in [0.15, 0.2) is 18.2 Å². The van der Waals surface area contributed by atoms with Gasteiger partial charge in [-0.2, -0.15) is 0 Å². The van der Waals surface area contributed by atoms with Gasteiger partial charge in [-0.05, 0) is 25.0 Å². The molecule has 0 spiro atoms. The summed E-state index contributed by atoms with van der Waals surface area (Å²) in [6, 6.07) is 5.02. The Morgan fingerprint density at radius 1 is 1.37 bits per heavy atom. The van der Waals surface area contributed by atoms with Gasteiger partial charge < -0.3 is 20.5 Å². The van der Waals surface area contributed by atoms with Crippen LogP contribution in [-0.4, -0.2) is 32.8 Å². The number of carbonyl (C=O) groups excluding carboxylic acids is 1. The van der Waals surface area contributed by atoms with Gasteiger partial charge in [-0.3, -0.25) is 4.79 Å². The number of carbonyl (C=O) groups is 1. The smallest absolute Gasteiger partial charge is 0.253 e. The van der Waals surface area contributed by atoms with Gasteiger partial charge in [0.15, 0.2) is 0 Å². The van der Waals surface area contributed by atoms with Crippen LogP contribution in [0.5, 0.6) is 5.75 Å². The number of nitrogen functional groups attached to an aromatic ring is 1. The van der Waals surface area contributed by atoms with E-state index in [2.05, 4.69) is 12.2 Å². The number of methoxy groups -OCH3 is 1. The first-order valence-electron chi connectivity index (χ1n) is 6.48. The van der Waals surface area contributed by atoms with Crippen LogP contribution in [0.4, 0.5) is 5.69 Å². The number of hydrogen-bond donors (Lipinski definition) is 2. The topological polar surface area (TPSA) is 73.6 Å². The Kier molecular flexibility index (Phi) is 6.74. The molecule has 5 heteroatoms. The molecule has 0 radical (unpaired) electrons. The van der Waals surface area contributed by atoms with E-state index in [0.29, 0.717) is 30.2 Å². The minimum absolute atomic E-state index is 0.171. The van der Waals surface area contributed by atoms with Gasteiger partial charge in [-0.15, -0.1) is 0 Å². The van der Waals surface area contributed by atoms with Gasteiger partial charge in [0.05, 0.1) is 12.7 Å². The van der Waals surface area contributed by atoms with Crippen LogP contribution in [0.1, 0.15) is 30.1 Å². The summed E-state index contributed by atoms with van der Waals surface area (Å²) in [5, 5.41) is 2.81. The van der Waals surface area contributed by atoms with Crippen molar-refractivity contribution in [3.05, 3.63) is 23.8 Å². The quantitative estimate of drug-likeness (QED) is 0.556. The molecule has 0 saturated carbocycles. The van der Waals surface area contributed by atoms with E-state index in [0.717, 1.165) is 19.4 Å². The molecule has 0 atom stereocenters. The number of nitrogens with one attached hydrogen (secondary N) is 1. The zero-order valence-corrected chi connectivity index (χ0v) is 11.6. The summed E-state index contributed by atoms with van der Waals surface area (Å²) in [5.41, 5.74) is 6.69. The number of ether oxygens (including phenoxy) is 2. The lowest BCUT2D eigenvalue weighted by Gasteiger charge is -2.09. The lowest BCUT2D eigenvalue weighted by atomic mass is 10.1. The van der Waals surface area contributed by atoms with Crippen LogP contribution in [0.3, 0.4) is 0 Å². The highest BCUT2D eigenvalue weighted by Crippen LogP contribution is 2.19. The summed E-state index contributed by atoms with van der Waals surface area (Å²) in [7, 11) is 1.56. The zero-order valence-electron chi connectivity index (χ0n) is 11.6. The number of amides is 1. The fraction of sp³-hybridized carbons (Fsp3) is 0.500. The van der Waals surface area contributed by atoms with Crippen molar-refractivity contribution in [2.45, 2.75) is 19.8 Å². The maximum absolute atomic E-state index is 11.9. The lowest BCUT2D eigenvalue weighted by Crippen LogP contribution is -2.26. The highest BCUT2D eigenvalue weighted by molar-refractivity contribution is 5.99. The lowest BCUT2D eigenvalue weighted by molar-refractivity contribution is 0.0942. The summed E-state index contributed by atoms with van der Waals surface area (Å²) in [6.45, 7) is 4.06. The van der Waals surface area contributed by atoms with Crippen LogP contribution in [-0.2, 0) is 4.74 Å². The van der Waals surface area contributed by atoms with Crippen molar-refractivity contribution < 1.29 is 14.3 Å². The summed E-state index contributed by atoms with van der Waals surface area (Å²) >= 11 is 0. The Hall–Kier alpha value is -1.75. The van der Waals surface area contributed by atoms with Gasteiger partial charge in [0.1, 0.15) is 5.75 Å². The second-order valence-corrected chi connectivity index (χ2v) is 4.18. The van der Waals surface area contributed by atoms with Gasteiger partial charge in [0, 0.05) is 31.5 Å². The molecule has 0 bridgehead atoms. The highest BCUT2D eigenvalue weighted by Gasteiger charge is 2.09. The summed E-state index contributed by atoms with van der Waals surface area (Å²) < 4.78 is 10.4. The predicted molar refractivity (Wildman–Crippen MR) is 75.5 cm³/mol. The first-order valence-corrected chi connectivity index (χ1v) is 6.48. The van der Waals surface area contributed by atoms with E-state index in [1.165, 1.54) is 0 Å². The molecule has 0 aliphatic heterocycles. The number of anilines is 1. The molecule has 0 aromatic heterocycles. The third-order valence-corrected chi connectivity index (χ3v) is 2.60. The molecule has 1 aromatic carbocycles. The number of rotatable bonds is 8. The number of hydrogen-bond acceptors (Lipinski definition) is 4. The van der Waals surface area contributed by atoms with Crippen molar-refractivity contribution in [1.82, 2.24) is 5.32 Å². The van der Waals surface area contributed by atoms with Crippen molar-refractivity contribution in [2.75, 3.05) is 32.6 Å². The third-order valence-electron chi connectivity index (χ3n) is 2.60. The van der Waals surface area contributed by atoms with Gasteiger partial charge in [-0.25, -0.2) is 0 Å². The van der Waals surface area contributed by atoms with Crippen molar-refractivity contribution in [3.63, 3.8) is 0 Å². The molecular formula is C14H22N2O3. The Morgan fingerprint density at radius 3 is 2.79 bits per heavy atom.